The van der Waals surface area contributed by atoms with E-state index in [0.29, 0.717) is 36.5 Å². The number of hydrogen-bond donors (Lipinski definition) is 2. The van der Waals surface area contributed by atoms with Crippen LogP contribution in [0, 0.1) is 6.92 Å². The van der Waals surface area contributed by atoms with Gasteiger partial charge in [-0.3, -0.25) is 4.79 Å². The summed E-state index contributed by atoms with van der Waals surface area (Å²) >= 11 is 0. The smallest absolute Gasteiger partial charge is 0.339 e. The number of carboxylic acids is 1. The van der Waals surface area contributed by atoms with Crippen molar-refractivity contribution in [3.05, 3.63) is 47.3 Å². The minimum absolute atomic E-state index is 0.122. The highest BCUT2D eigenvalue weighted by Gasteiger charge is 2.28. The van der Waals surface area contributed by atoms with Crippen molar-refractivity contribution in [3.8, 4) is 5.69 Å². The van der Waals surface area contributed by atoms with Gasteiger partial charge >= 0.3 is 5.97 Å². The lowest BCUT2D eigenvalue weighted by molar-refractivity contribution is 0.0695. The number of likely N-dealkylation sites (tertiary alicyclic amines) is 1. The van der Waals surface area contributed by atoms with Crippen LogP contribution in [0.3, 0.4) is 0 Å². The number of carbonyl (C=O) groups is 2. The van der Waals surface area contributed by atoms with E-state index >= 15 is 0 Å². The molecule has 0 aliphatic carbocycles. The van der Waals surface area contributed by atoms with E-state index in [2.05, 4.69) is 9.82 Å². The van der Waals surface area contributed by atoms with Gasteiger partial charge in [0.05, 0.1) is 23.8 Å². The highest BCUT2D eigenvalue weighted by Crippen LogP contribution is 2.18. The average molecular weight is 392 g/mol. The fourth-order valence-electron chi connectivity index (χ4n) is 3.15. The zero-order valence-corrected chi connectivity index (χ0v) is 15.7. The largest absolute Gasteiger partial charge is 0.478 e. The Morgan fingerprint density at radius 1 is 1.26 bits per heavy atom. The Kier molecular flexibility index (Phi) is 5.03. The van der Waals surface area contributed by atoms with Crippen LogP contribution in [0.4, 0.5) is 0 Å². The summed E-state index contributed by atoms with van der Waals surface area (Å²) in [6.45, 7) is 2.47. The number of amides is 1. The molecule has 1 atom stereocenters. The van der Waals surface area contributed by atoms with Crippen molar-refractivity contribution in [2.75, 3.05) is 19.3 Å². The van der Waals surface area contributed by atoms with Gasteiger partial charge in [0.15, 0.2) is 0 Å². The lowest BCUT2D eigenvalue weighted by atomic mass is 10.1. The second-order valence-electron chi connectivity index (χ2n) is 6.53. The van der Waals surface area contributed by atoms with Gasteiger partial charge in [-0.15, -0.1) is 0 Å². The van der Waals surface area contributed by atoms with Gasteiger partial charge in [-0.2, -0.15) is 5.10 Å². The number of sulfonamides is 1. The zero-order valence-electron chi connectivity index (χ0n) is 14.9. The number of rotatable bonds is 5. The van der Waals surface area contributed by atoms with Crippen LogP contribution in [-0.2, 0) is 10.0 Å². The molecule has 1 amide bonds. The Labute approximate surface area is 156 Å². The normalized spacial score (nSPS) is 17.3. The highest BCUT2D eigenvalue weighted by atomic mass is 32.2. The Bertz CT molecular complexity index is 981. The van der Waals surface area contributed by atoms with Gasteiger partial charge in [0.2, 0.25) is 10.0 Å². The molecule has 0 radical (unpaired) electrons. The van der Waals surface area contributed by atoms with Crippen molar-refractivity contribution in [1.29, 1.82) is 0 Å². The van der Waals surface area contributed by atoms with Gasteiger partial charge in [0.1, 0.15) is 5.56 Å². The molecule has 10 heteroatoms. The molecule has 3 rings (SSSR count). The predicted octanol–water partition coefficient (Wildman–Crippen LogP) is 0.643. The van der Waals surface area contributed by atoms with Crippen molar-refractivity contribution in [1.82, 2.24) is 19.4 Å². The molecule has 0 unspecified atom stereocenters. The second-order valence-corrected chi connectivity index (χ2v) is 8.31. The molecule has 0 spiro atoms. The summed E-state index contributed by atoms with van der Waals surface area (Å²) in [7, 11) is -3.31. The van der Waals surface area contributed by atoms with Crippen molar-refractivity contribution in [3.63, 3.8) is 0 Å². The molecule has 0 saturated carbocycles. The van der Waals surface area contributed by atoms with E-state index in [1.807, 2.05) is 0 Å². The molecule has 144 valence electrons. The molecule has 9 nitrogen and oxygen atoms in total. The first-order chi connectivity index (χ1) is 12.7. The van der Waals surface area contributed by atoms with Gasteiger partial charge in [-0.25, -0.2) is 22.6 Å². The third kappa shape index (κ3) is 4.17. The van der Waals surface area contributed by atoms with E-state index in [9.17, 15) is 18.0 Å². The first kappa shape index (κ1) is 19.1. The molecule has 2 N–H and O–H groups in total. The maximum atomic E-state index is 12.6. The van der Waals surface area contributed by atoms with Gasteiger partial charge in [-0.05, 0) is 37.6 Å². The summed E-state index contributed by atoms with van der Waals surface area (Å²) in [5.41, 5.74) is 1.74. The highest BCUT2D eigenvalue weighted by molar-refractivity contribution is 7.88. The van der Waals surface area contributed by atoms with Crippen molar-refractivity contribution >= 4 is 21.9 Å². The molecule has 2 heterocycles. The first-order valence-electron chi connectivity index (χ1n) is 8.30. The van der Waals surface area contributed by atoms with Crippen molar-refractivity contribution in [2.45, 2.75) is 19.4 Å². The predicted molar refractivity (Wildman–Crippen MR) is 97.5 cm³/mol. The lowest BCUT2D eigenvalue weighted by Gasteiger charge is -2.17. The van der Waals surface area contributed by atoms with Crippen LogP contribution in [0.25, 0.3) is 5.69 Å². The quantitative estimate of drug-likeness (QED) is 0.770. The maximum absolute atomic E-state index is 12.6. The van der Waals surface area contributed by atoms with Gasteiger partial charge in [-0.1, -0.05) is 0 Å². The number of benzene rings is 1. The third-order valence-electron chi connectivity index (χ3n) is 4.46. The summed E-state index contributed by atoms with van der Waals surface area (Å²) < 4.78 is 26.7. The number of carboxylic acid groups (broad SMARTS) is 1. The van der Waals surface area contributed by atoms with Crippen LogP contribution in [0.1, 0.15) is 32.8 Å². The van der Waals surface area contributed by atoms with Gasteiger partial charge in [0.25, 0.3) is 5.91 Å². The number of nitrogens with one attached hydrogen (secondary N) is 1. The average Bonchev–Trinajstić information content (AvgIpc) is 3.19. The Hall–Kier alpha value is -2.72. The topological polar surface area (TPSA) is 122 Å². The lowest BCUT2D eigenvalue weighted by Crippen LogP contribution is -2.37. The molecule has 1 saturated heterocycles. The Morgan fingerprint density at radius 2 is 1.93 bits per heavy atom. The molecule has 1 aliphatic heterocycles. The number of aromatic nitrogens is 2. The number of hydrogen-bond acceptors (Lipinski definition) is 5. The van der Waals surface area contributed by atoms with E-state index in [-0.39, 0.29) is 17.5 Å². The van der Waals surface area contributed by atoms with E-state index in [1.54, 1.807) is 36.1 Å². The second kappa shape index (κ2) is 7.12. The van der Waals surface area contributed by atoms with Crippen LogP contribution >= 0.6 is 0 Å². The standard InChI is InChI=1S/C17H20N4O5S/c1-11-15(17(23)24)9-18-21(11)14-5-3-12(4-6-14)16(22)20-8-7-13(10-20)19-27(2,25)26/h3-6,9,13,19H,7-8,10H2,1-2H3,(H,23,24)/t13-/m0/s1. The molecular formula is C17H20N4O5S. The summed E-state index contributed by atoms with van der Waals surface area (Å²) in [6.07, 6.45) is 2.96. The summed E-state index contributed by atoms with van der Waals surface area (Å²) in [6, 6.07) is 6.42. The van der Waals surface area contributed by atoms with E-state index in [1.165, 1.54) is 10.9 Å². The van der Waals surface area contributed by atoms with Crippen LogP contribution in [0.2, 0.25) is 0 Å². The van der Waals surface area contributed by atoms with E-state index < -0.39 is 16.0 Å². The zero-order chi connectivity index (χ0) is 19.8. The minimum atomic E-state index is -3.31. The number of aromatic carboxylic acids is 1. The van der Waals surface area contributed by atoms with E-state index in [4.69, 9.17) is 5.11 Å². The molecule has 0 bridgehead atoms. The molecule has 27 heavy (non-hydrogen) atoms. The van der Waals surface area contributed by atoms with Crippen molar-refractivity contribution < 1.29 is 23.1 Å². The molecule has 2 aromatic rings. The summed E-state index contributed by atoms with van der Waals surface area (Å²) in [5, 5.41) is 13.2. The summed E-state index contributed by atoms with van der Waals surface area (Å²) in [4.78, 5) is 25.3. The van der Waals surface area contributed by atoms with Crippen LogP contribution in [-0.4, -0.2) is 65.5 Å². The Morgan fingerprint density at radius 3 is 2.48 bits per heavy atom. The minimum Gasteiger partial charge on any atom is -0.478 e. The van der Waals surface area contributed by atoms with E-state index in [0.717, 1.165) is 6.26 Å². The van der Waals surface area contributed by atoms with Crippen LogP contribution in [0.5, 0.6) is 0 Å². The molecule has 1 fully saturated rings. The van der Waals surface area contributed by atoms with Crippen molar-refractivity contribution in [2.24, 2.45) is 0 Å². The number of carbonyl (C=O) groups excluding carboxylic acids is 1. The summed E-state index contributed by atoms with van der Waals surface area (Å²) in [5.74, 6) is -1.22. The van der Waals surface area contributed by atoms with Gasteiger partial charge in [0, 0.05) is 24.7 Å². The molecule has 1 aliphatic rings. The first-order valence-corrected chi connectivity index (χ1v) is 10.2. The fraction of sp³-hybridized carbons (Fsp3) is 0.353. The maximum Gasteiger partial charge on any atom is 0.339 e. The fourth-order valence-corrected chi connectivity index (χ4v) is 3.95. The molecular weight excluding hydrogens is 372 g/mol. The SMILES string of the molecule is Cc1c(C(=O)O)cnn1-c1ccc(C(=O)N2CC[C@H](NS(C)(=O)=O)C2)cc1. The number of nitrogens with zero attached hydrogens (tertiary/aromatic N) is 3. The van der Waals surface area contributed by atoms with Gasteiger partial charge < -0.3 is 10.0 Å². The van der Waals surface area contributed by atoms with Crippen LogP contribution < -0.4 is 4.72 Å². The monoisotopic (exact) mass is 392 g/mol. The van der Waals surface area contributed by atoms with Crippen LogP contribution in [0.15, 0.2) is 30.5 Å². The third-order valence-corrected chi connectivity index (χ3v) is 5.22. The Balaban J connectivity index is 1.72. The molecule has 1 aromatic heterocycles. The molecule has 1 aromatic carbocycles.